The van der Waals surface area contributed by atoms with Gasteiger partial charge in [0.25, 0.3) is 0 Å². The van der Waals surface area contributed by atoms with Crippen LogP contribution < -0.4 is 5.73 Å². The van der Waals surface area contributed by atoms with Crippen LogP contribution in [0.4, 0.5) is 0 Å². The van der Waals surface area contributed by atoms with Gasteiger partial charge in [-0.25, -0.2) is 4.57 Å². The Balaban J connectivity index is 4.02. The van der Waals surface area contributed by atoms with Crippen molar-refractivity contribution in [2.45, 2.75) is 251 Å². The SMILES string of the molecule is CCCCCCC/C=C/CCCCCCCC(=O)OC[C@H](COP(=O)(O)OCCN)OC(=O)CCCCCCCCCCCCCCCCCCCCCCCC. The van der Waals surface area contributed by atoms with Gasteiger partial charge in [-0.1, -0.05) is 206 Å². The van der Waals surface area contributed by atoms with E-state index in [0.29, 0.717) is 6.42 Å². The van der Waals surface area contributed by atoms with E-state index in [9.17, 15) is 19.0 Å². The molecule has 10 heteroatoms. The van der Waals surface area contributed by atoms with Gasteiger partial charge < -0.3 is 20.1 Å². The maximum absolute atomic E-state index is 12.6. The summed E-state index contributed by atoms with van der Waals surface area (Å²) in [5, 5.41) is 0. The molecule has 0 rings (SSSR count). The number of rotatable bonds is 46. The first-order chi connectivity index (χ1) is 27.8. The summed E-state index contributed by atoms with van der Waals surface area (Å²) in [7, 11) is -4.37. The number of carbonyl (C=O) groups excluding carboxylic acids is 2. The van der Waals surface area contributed by atoms with Crippen molar-refractivity contribution in [2.24, 2.45) is 5.73 Å². The van der Waals surface area contributed by atoms with Crippen LogP contribution in [-0.4, -0.2) is 49.3 Å². The molecule has 0 bridgehead atoms. The minimum atomic E-state index is -4.37. The zero-order valence-electron chi connectivity index (χ0n) is 37.3. The van der Waals surface area contributed by atoms with Crippen molar-refractivity contribution in [3.63, 3.8) is 0 Å². The molecule has 0 aromatic carbocycles. The van der Waals surface area contributed by atoms with Gasteiger partial charge in [-0.3, -0.25) is 18.6 Å². The molecule has 0 saturated heterocycles. The fraction of sp³-hybridized carbons (Fsp3) is 0.915. The van der Waals surface area contributed by atoms with Crippen molar-refractivity contribution in [3.05, 3.63) is 12.2 Å². The van der Waals surface area contributed by atoms with Gasteiger partial charge in [-0.2, -0.15) is 0 Å². The second kappa shape index (κ2) is 44.3. The average Bonchev–Trinajstić information content (AvgIpc) is 3.20. The molecule has 0 fully saturated rings. The summed E-state index contributed by atoms with van der Waals surface area (Å²) in [5.41, 5.74) is 5.36. The van der Waals surface area contributed by atoms with Crippen LogP contribution in [0.1, 0.15) is 245 Å². The molecule has 0 aromatic heterocycles. The summed E-state index contributed by atoms with van der Waals surface area (Å²) in [6, 6.07) is 0. The molecule has 0 aliphatic heterocycles. The van der Waals surface area contributed by atoms with Crippen LogP contribution in [-0.2, 0) is 32.7 Å². The van der Waals surface area contributed by atoms with Gasteiger partial charge in [0.15, 0.2) is 6.10 Å². The van der Waals surface area contributed by atoms with Gasteiger partial charge in [0, 0.05) is 19.4 Å². The Morgan fingerprint density at radius 3 is 1.25 bits per heavy atom. The molecule has 0 radical (unpaired) electrons. The summed E-state index contributed by atoms with van der Waals surface area (Å²) >= 11 is 0. The van der Waals surface area contributed by atoms with Crippen molar-refractivity contribution >= 4 is 19.8 Å². The Morgan fingerprint density at radius 1 is 0.509 bits per heavy atom. The van der Waals surface area contributed by atoms with E-state index < -0.39 is 26.5 Å². The highest BCUT2D eigenvalue weighted by atomic mass is 31.2. The van der Waals surface area contributed by atoms with E-state index in [1.165, 1.54) is 161 Å². The second-order valence-electron chi connectivity index (χ2n) is 16.3. The molecule has 0 aliphatic carbocycles. The number of allylic oxidation sites excluding steroid dienone is 2. The number of nitrogens with two attached hydrogens (primary N) is 1. The predicted molar refractivity (Wildman–Crippen MR) is 238 cm³/mol. The number of esters is 2. The lowest BCUT2D eigenvalue weighted by Gasteiger charge is -2.19. The molecular weight excluding hydrogens is 737 g/mol. The number of unbranched alkanes of at least 4 members (excludes halogenated alkanes) is 31. The molecule has 9 nitrogen and oxygen atoms in total. The summed E-state index contributed by atoms with van der Waals surface area (Å²) in [6.07, 6.45) is 46.8. The van der Waals surface area contributed by atoms with Gasteiger partial charge in [-0.05, 0) is 38.5 Å². The summed E-state index contributed by atoms with van der Waals surface area (Å²) < 4.78 is 32.8. The standard InChI is InChI=1S/C47H92NO8P/c1-3-5-7-9-11-13-15-17-19-20-21-22-23-24-25-26-28-30-32-34-36-38-40-47(50)56-45(44-55-57(51,52)54-42-41-48)43-53-46(49)39-37-35-33-31-29-27-18-16-14-12-10-8-6-4-2/h16,18,45H,3-15,17,19-44,48H2,1-2H3,(H,51,52)/b18-16+/t45-/m1/s1. The van der Waals surface area contributed by atoms with E-state index in [0.717, 1.165) is 51.4 Å². The van der Waals surface area contributed by atoms with Crippen LogP contribution in [0.15, 0.2) is 12.2 Å². The molecule has 2 atom stereocenters. The molecule has 57 heavy (non-hydrogen) atoms. The molecule has 338 valence electrons. The molecule has 0 aliphatic rings. The quantitative estimate of drug-likeness (QED) is 0.0266. The first kappa shape index (κ1) is 55.8. The third-order valence-corrected chi connectivity index (χ3v) is 11.6. The lowest BCUT2D eigenvalue weighted by molar-refractivity contribution is -0.161. The Labute approximate surface area is 351 Å². The molecule has 0 heterocycles. The Morgan fingerprint density at radius 2 is 0.860 bits per heavy atom. The lowest BCUT2D eigenvalue weighted by atomic mass is 10.0. The maximum atomic E-state index is 12.6. The fourth-order valence-electron chi connectivity index (χ4n) is 7.04. The van der Waals surface area contributed by atoms with Crippen LogP contribution in [0, 0.1) is 0 Å². The number of ether oxygens (including phenoxy) is 2. The first-order valence-corrected chi connectivity index (χ1v) is 25.7. The number of hydrogen-bond donors (Lipinski definition) is 2. The van der Waals surface area contributed by atoms with Crippen molar-refractivity contribution in [1.29, 1.82) is 0 Å². The first-order valence-electron chi connectivity index (χ1n) is 24.2. The van der Waals surface area contributed by atoms with Crippen LogP contribution in [0.3, 0.4) is 0 Å². The number of hydrogen-bond acceptors (Lipinski definition) is 8. The van der Waals surface area contributed by atoms with E-state index >= 15 is 0 Å². The summed E-state index contributed by atoms with van der Waals surface area (Å²) in [6.45, 7) is 3.76. The number of carbonyl (C=O) groups is 2. The molecular formula is C47H92NO8P. The van der Waals surface area contributed by atoms with Gasteiger partial charge in [0.05, 0.1) is 13.2 Å². The van der Waals surface area contributed by atoms with E-state index in [4.69, 9.17) is 24.3 Å². The van der Waals surface area contributed by atoms with Gasteiger partial charge >= 0.3 is 19.8 Å². The minimum absolute atomic E-state index is 0.0553. The number of phosphoric acid groups is 1. The molecule has 0 amide bonds. The average molecular weight is 830 g/mol. The largest absolute Gasteiger partial charge is 0.472 e. The zero-order valence-corrected chi connectivity index (χ0v) is 38.2. The Bertz CT molecular complexity index is 948. The molecule has 1 unspecified atom stereocenters. The van der Waals surface area contributed by atoms with Crippen molar-refractivity contribution < 1.29 is 37.6 Å². The summed E-state index contributed by atoms with van der Waals surface area (Å²) in [5.74, 6) is -0.825. The van der Waals surface area contributed by atoms with E-state index in [1.54, 1.807) is 0 Å². The lowest BCUT2D eigenvalue weighted by Crippen LogP contribution is -2.29. The van der Waals surface area contributed by atoms with Crippen molar-refractivity contribution in [1.82, 2.24) is 0 Å². The third-order valence-electron chi connectivity index (χ3n) is 10.7. The molecule has 3 N–H and O–H groups in total. The highest BCUT2D eigenvalue weighted by molar-refractivity contribution is 7.47. The van der Waals surface area contributed by atoms with Crippen LogP contribution in [0.5, 0.6) is 0 Å². The topological polar surface area (TPSA) is 134 Å². The highest BCUT2D eigenvalue weighted by Crippen LogP contribution is 2.43. The molecule has 0 spiro atoms. The van der Waals surface area contributed by atoms with E-state index in [2.05, 4.69) is 26.0 Å². The highest BCUT2D eigenvalue weighted by Gasteiger charge is 2.26. The summed E-state index contributed by atoms with van der Waals surface area (Å²) in [4.78, 5) is 34.9. The van der Waals surface area contributed by atoms with Gasteiger partial charge in [-0.15, -0.1) is 0 Å². The normalized spacial score (nSPS) is 13.3. The molecule has 0 aromatic rings. The van der Waals surface area contributed by atoms with Crippen LogP contribution in [0.2, 0.25) is 0 Å². The number of phosphoric ester groups is 1. The van der Waals surface area contributed by atoms with Gasteiger partial charge in [0.2, 0.25) is 0 Å². The zero-order chi connectivity index (χ0) is 41.8. The maximum Gasteiger partial charge on any atom is 0.472 e. The van der Waals surface area contributed by atoms with Crippen LogP contribution in [0.25, 0.3) is 0 Å². The van der Waals surface area contributed by atoms with E-state index in [1.807, 2.05) is 0 Å². The Hall–Kier alpha value is -1.25. The van der Waals surface area contributed by atoms with Crippen molar-refractivity contribution in [2.75, 3.05) is 26.4 Å². The third kappa shape index (κ3) is 44.1. The second-order valence-corrected chi connectivity index (χ2v) is 17.8. The smallest absolute Gasteiger partial charge is 0.462 e. The minimum Gasteiger partial charge on any atom is -0.462 e. The van der Waals surface area contributed by atoms with Crippen molar-refractivity contribution in [3.8, 4) is 0 Å². The van der Waals surface area contributed by atoms with Gasteiger partial charge in [0.1, 0.15) is 6.61 Å². The fourth-order valence-corrected chi connectivity index (χ4v) is 7.81. The van der Waals surface area contributed by atoms with Crippen LogP contribution >= 0.6 is 7.82 Å². The predicted octanol–water partition coefficient (Wildman–Crippen LogP) is 14.2. The Kier molecular flexibility index (Phi) is 43.3. The molecule has 0 saturated carbocycles. The monoisotopic (exact) mass is 830 g/mol. The van der Waals surface area contributed by atoms with E-state index in [-0.39, 0.29) is 38.6 Å².